The predicted molar refractivity (Wildman–Crippen MR) is 87.0 cm³/mol. The van der Waals surface area contributed by atoms with Crippen LogP contribution in [0.25, 0.3) is 0 Å². The second-order valence-electron chi connectivity index (χ2n) is 5.05. The Hall–Kier alpha value is -2.67. The second-order valence-corrected chi connectivity index (χ2v) is 6.73. The van der Waals surface area contributed by atoms with E-state index in [4.69, 9.17) is 5.73 Å². The minimum absolute atomic E-state index is 0.0659. The Kier molecular flexibility index (Phi) is 4.51. The number of rotatable bonds is 5. The number of amides is 1. The maximum atomic E-state index is 12.5. The summed E-state index contributed by atoms with van der Waals surface area (Å²) in [5.74, 6) is -0.973. The highest BCUT2D eigenvalue weighted by Crippen LogP contribution is 2.24. The van der Waals surface area contributed by atoms with Crippen LogP contribution in [-0.2, 0) is 10.0 Å². The SMILES string of the molecule is CC(=O)c1cccc(S(=O)(=O)Nc2c(C)cccc2C(N)=O)c1. The highest BCUT2D eigenvalue weighted by Gasteiger charge is 2.20. The van der Waals surface area contributed by atoms with E-state index >= 15 is 0 Å². The minimum Gasteiger partial charge on any atom is -0.366 e. The Bertz CT molecular complexity index is 889. The van der Waals surface area contributed by atoms with Gasteiger partial charge in [-0.15, -0.1) is 0 Å². The average Bonchev–Trinajstić information content (AvgIpc) is 2.49. The molecule has 0 saturated carbocycles. The Balaban J connectivity index is 2.50. The van der Waals surface area contributed by atoms with E-state index in [1.165, 1.54) is 37.3 Å². The van der Waals surface area contributed by atoms with Crippen LogP contribution in [0.1, 0.15) is 33.2 Å². The fourth-order valence-corrected chi connectivity index (χ4v) is 3.28. The smallest absolute Gasteiger partial charge is 0.261 e. The lowest BCUT2D eigenvalue weighted by atomic mass is 10.1. The fraction of sp³-hybridized carbons (Fsp3) is 0.125. The molecule has 0 heterocycles. The molecule has 2 aromatic rings. The zero-order valence-corrected chi connectivity index (χ0v) is 13.5. The van der Waals surface area contributed by atoms with E-state index in [0.29, 0.717) is 5.56 Å². The van der Waals surface area contributed by atoms with Crippen molar-refractivity contribution < 1.29 is 18.0 Å². The van der Waals surface area contributed by atoms with Crippen LogP contribution in [-0.4, -0.2) is 20.1 Å². The van der Waals surface area contributed by atoms with E-state index in [1.54, 1.807) is 19.1 Å². The summed E-state index contributed by atoms with van der Waals surface area (Å²) in [5, 5.41) is 0. The third-order valence-electron chi connectivity index (χ3n) is 3.33. The molecule has 0 aliphatic carbocycles. The zero-order valence-electron chi connectivity index (χ0n) is 12.7. The van der Waals surface area contributed by atoms with Gasteiger partial charge in [-0.3, -0.25) is 14.3 Å². The maximum absolute atomic E-state index is 12.5. The molecule has 120 valence electrons. The van der Waals surface area contributed by atoms with Crippen molar-refractivity contribution in [2.45, 2.75) is 18.7 Å². The van der Waals surface area contributed by atoms with Gasteiger partial charge in [-0.05, 0) is 37.6 Å². The molecule has 23 heavy (non-hydrogen) atoms. The van der Waals surface area contributed by atoms with Crippen LogP contribution < -0.4 is 10.5 Å². The van der Waals surface area contributed by atoms with E-state index in [2.05, 4.69) is 4.72 Å². The number of sulfonamides is 1. The Labute approximate surface area is 134 Å². The first kappa shape index (κ1) is 16.7. The van der Waals surface area contributed by atoms with Crippen molar-refractivity contribution in [2.75, 3.05) is 4.72 Å². The van der Waals surface area contributed by atoms with E-state index in [1.807, 2.05) is 0 Å². The number of carbonyl (C=O) groups excluding carboxylic acids is 2. The third kappa shape index (κ3) is 3.57. The molecular weight excluding hydrogens is 316 g/mol. The molecule has 0 atom stereocenters. The first-order valence-electron chi connectivity index (χ1n) is 6.75. The lowest BCUT2D eigenvalue weighted by molar-refractivity contribution is 0.0996. The van der Waals surface area contributed by atoms with Crippen molar-refractivity contribution in [1.29, 1.82) is 0 Å². The number of benzene rings is 2. The quantitative estimate of drug-likeness (QED) is 0.818. The number of anilines is 1. The molecule has 3 N–H and O–H groups in total. The third-order valence-corrected chi connectivity index (χ3v) is 4.67. The number of para-hydroxylation sites is 1. The van der Waals surface area contributed by atoms with Gasteiger partial charge in [-0.1, -0.05) is 24.3 Å². The molecule has 0 aromatic heterocycles. The molecule has 1 amide bonds. The van der Waals surface area contributed by atoms with Crippen molar-refractivity contribution in [3.8, 4) is 0 Å². The van der Waals surface area contributed by atoms with E-state index in [-0.39, 0.29) is 27.5 Å². The number of aryl methyl sites for hydroxylation is 1. The summed E-state index contributed by atoms with van der Waals surface area (Å²) in [4.78, 5) is 22.8. The van der Waals surface area contributed by atoms with E-state index in [0.717, 1.165) is 0 Å². The summed E-state index contributed by atoms with van der Waals surface area (Å²) in [6.07, 6.45) is 0. The largest absolute Gasteiger partial charge is 0.366 e. The highest BCUT2D eigenvalue weighted by molar-refractivity contribution is 7.92. The molecule has 2 aromatic carbocycles. The standard InChI is InChI=1S/C16H16N2O4S/c1-10-5-3-8-14(16(17)20)15(10)18-23(21,22)13-7-4-6-12(9-13)11(2)19/h3-9,18H,1-2H3,(H2,17,20). The molecule has 0 aliphatic rings. The first-order chi connectivity index (χ1) is 10.7. The number of ketones is 1. The van der Waals surface area contributed by atoms with Crippen molar-refractivity contribution >= 4 is 27.4 Å². The first-order valence-corrected chi connectivity index (χ1v) is 8.24. The Morgan fingerprint density at radius 3 is 2.35 bits per heavy atom. The van der Waals surface area contributed by atoms with Gasteiger partial charge in [0.2, 0.25) is 0 Å². The molecule has 0 saturated heterocycles. The maximum Gasteiger partial charge on any atom is 0.261 e. The van der Waals surface area contributed by atoms with Gasteiger partial charge in [0, 0.05) is 5.56 Å². The van der Waals surface area contributed by atoms with Crippen LogP contribution in [0.3, 0.4) is 0 Å². The molecule has 0 radical (unpaired) electrons. The number of nitrogens with two attached hydrogens (primary N) is 1. The lowest BCUT2D eigenvalue weighted by Crippen LogP contribution is -2.19. The topological polar surface area (TPSA) is 106 Å². The van der Waals surface area contributed by atoms with Crippen molar-refractivity contribution in [3.05, 3.63) is 59.2 Å². The average molecular weight is 332 g/mol. The van der Waals surface area contributed by atoms with Crippen LogP contribution in [0, 0.1) is 6.92 Å². The number of hydrogen-bond donors (Lipinski definition) is 2. The summed E-state index contributed by atoms with van der Waals surface area (Å²) in [5.41, 5.74) is 6.35. The monoisotopic (exact) mass is 332 g/mol. The van der Waals surface area contributed by atoms with Gasteiger partial charge in [0.25, 0.3) is 15.9 Å². The predicted octanol–water partition coefficient (Wildman–Crippen LogP) is 2.10. The van der Waals surface area contributed by atoms with Gasteiger partial charge in [-0.2, -0.15) is 0 Å². The summed E-state index contributed by atoms with van der Waals surface area (Å²) in [6, 6.07) is 10.4. The molecule has 2 rings (SSSR count). The van der Waals surface area contributed by atoms with E-state index < -0.39 is 15.9 Å². The summed E-state index contributed by atoms with van der Waals surface area (Å²) < 4.78 is 27.4. The van der Waals surface area contributed by atoms with Crippen molar-refractivity contribution in [1.82, 2.24) is 0 Å². The van der Waals surface area contributed by atoms with E-state index in [9.17, 15) is 18.0 Å². The Morgan fingerprint density at radius 2 is 1.74 bits per heavy atom. The van der Waals surface area contributed by atoms with Crippen LogP contribution in [0.2, 0.25) is 0 Å². The molecule has 0 fully saturated rings. The number of nitrogens with one attached hydrogen (secondary N) is 1. The molecule has 6 nitrogen and oxygen atoms in total. The molecule has 0 bridgehead atoms. The van der Waals surface area contributed by atoms with Crippen LogP contribution >= 0.6 is 0 Å². The zero-order chi connectivity index (χ0) is 17.2. The molecule has 0 unspecified atom stereocenters. The van der Waals surface area contributed by atoms with Gasteiger partial charge >= 0.3 is 0 Å². The summed E-state index contributed by atoms with van der Waals surface area (Å²) in [6.45, 7) is 3.02. The number of hydrogen-bond acceptors (Lipinski definition) is 4. The second kappa shape index (κ2) is 6.21. The summed E-state index contributed by atoms with van der Waals surface area (Å²) >= 11 is 0. The molecule has 0 aliphatic heterocycles. The van der Waals surface area contributed by atoms with Gasteiger partial charge in [-0.25, -0.2) is 8.42 Å². The number of primary amides is 1. The molecule has 7 heteroatoms. The number of Topliss-reactive ketones (excluding diaryl/α,β-unsaturated/α-hetero) is 1. The van der Waals surface area contributed by atoms with Gasteiger partial charge < -0.3 is 5.73 Å². The Morgan fingerprint density at radius 1 is 1.09 bits per heavy atom. The lowest BCUT2D eigenvalue weighted by Gasteiger charge is -2.14. The highest BCUT2D eigenvalue weighted by atomic mass is 32.2. The van der Waals surface area contributed by atoms with Crippen LogP contribution in [0.4, 0.5) is 5.69 Å². The molecular formula is C16H16N2O4S. The molecule has 0 spiro atoms. The van der Waals surface area contributed by atoms with Crippen LogP contribution in [0.15, 0.2) is 47.4 Å². The van der Waals surface area contributed by atoms with Crippen LogP contribution in [0.5, 0.6) is 0 Å². The normalized spacial score (nSPS) is 11.0. The van der Waals surface area contributed by atoms with Crippen molar-refractivity contribution in [3.63, 3.8) is 0 Å². The minimum atomic E-state index is -3.96. The van der Waals surface area contributed by atoms with Gasteiger partial charge in [0.15, 0.2) is 5.78 Å². The number of carbonyl (C=O) groups is 2. The summed E-state index contributed by atoms with van der Waals surface area (Å²) in [7, 11) is -3.96. The fourth-order valence-electron chi connectivity index (χ4n) is 2.08. The van der Waals surface area contributed by atoms with Gasteiger partial charge in [0.05, 0.1) is 16.1 Å². The van der Waals surface area contributed by atoms with Gasteiger partial charge in [0.1, 0.15) is 0 Å². The van der Waals surface area contributed by atoms with Crippen molar-refractivity contribution in [2.24, 2.45) is 5.73 Å².